The number of imidazole rings is 1. The number of piperidine rings is 1. The van der Waals surface area contributed by atoms with Gasteiger partial charge in [0.1, 0.15) is 11.4 Å². The molecular formula is C19H26N4O2S. The Labute approximate surface area is 158 Å². The first-order valence-electron chi connectivity index (χ1n) is 9.25. The highest BCUT2D eigenvalue weighted by atomic mass is 32.1. The van der Waals surface area contributed by atoms with E-state index in [1.165, 1.54) is 10.4 Å². The number of thiophene rings is 1. The van der Waals surface area contributed by atoms with Gasteiger partial charge in [0.25, 0.3) is 5.91 Å². The van der Waals surface area contributed by atoms with Crippen molar-refractivity contribution in [3.8, 4) is 0 Å². The predicted molar refractivity (Wildman–Crippen MR) is 102 cm³/mol. The number of nitrogens with one attached hydrogen (secondary N) is 2. The normalized spacial score (nSPS) is 20.7. The van der Waals surface area contributed by atoms with Gasteiger partial charge in [0, 0.05) is 29.9 Å². The molecule has 6 nitrogen and oxygen atoms in total. The van der Waals surface area contributed by atoms with Gasteiger partial charge in [-0.3, -0.25) is 4.79 Å². The first-order valence-corrected chi connectivity index (χ1v) is 10.1. The van der Waals surface area contributed by atoms with Crippen LogP contribution in [0.3, 0.4) is 0 Å². The van der Waals surface area contributed by atoms with Crippen LogP contribution in [-0.2, 0) is 16.8 Å². The van der Waals surface area contributed by atoms with Crippen molar-refractivity contribution in [1.29, 1.82) is 0 Å². The van der Waals surface area contributed by atoms with Gasteiger partial charge in [0.05, 0.1) is 17.5 Å². The number of fused-ring (bicyclic) bond motifs is 2. The number of aryl methyl sites for hydroxylation is 1. The third-order valence-electron chi connectivity index (χ3n) is 5.47. The lowest BCUT2D eigenvalue weighted by Crippen LogP contribution is -2.44. The Balaban J connectivity index is 1.53. The highest BCUT2D eigenvalue weighted by molar-refractivity contribution is 7.14. The van der Waals surface area contributed by atoms with E-state index in [1.807, 2.05) is 13.8 Å². The smallest absolute Gasteiger partial charge is 0.261 e. The molecule has 2 aliphatic heterocycles. The van der Waals surface area contributed by atoms with Crippen molar-refractivity contribution in [2.45, 2.75) is 44.8 Å². The van der Waals surface area contributed by atoms with Gasteiger partial charge in [-0.1, -0.05) is 0 Å². The number of carbonyl (C=O) groups excluding carboxylic acids is 1. The summed E-state index contributed by atoms with van der Waals surface area (Å²) in [5.74, 6) is 0.751. The van der Waals surface area contributed by atoms with Crippen LogP contribution < -0.4 is 5.32 Å². The van der Waals surface area contributed by atoms with Crippen LogP contribution in [0.5, 0.6) is 0 Å². The van der Waals surface area contributed by atoms with Gasteiger partial charge < -0.3 is 19.9 Å². The number of rotatable bonds is 3. The number of likely N-dealkylation sites (tertiary alicyclic amines) is 1. The van der Waals surface area contributed by atoms with Crippen molar-refractivity contribution in [3.05, 3.63) is 39.1 Å². The van der Waals surface area contributed by atoms with Gasteiger partial charge in [-0.05, 0) is 51.8 Å². The molecule has 1 spiro atoms. The second-order valence-corrected chi connectivity index (χ2v) is 8.56. The molecule has 26 heavy (non-hydrogen) atoms. The minimum Gasteiger partial charge on any atom is -0.369 e. The molecular weight excluding hydrogens is 348 g/mol. The second kappa shape index (κ2) is 6.79. The van der Waals surface area contributed by atoms with Gasteiger partial charge in [0.15, 0.2) is 0 Å². The average molecular weight is 375 g/mol. The number of aromatic amines is 1. The number of aromatic nitrogens is 2. The second-order valence-electron chi connectivity index (χ2n) is 7.51. The van der Waals surface area contributed by atoms with Crippen LogP contribution >= 0.6 is 11.3 Å². The predicted octanol–water partition coefficient (Wildman–Crippen LogP) is 2.76. The Bertz CT molecular complexity index is 804. The molecule has 140 valence electrons. The van der Waals surface area contributed by atoms with Crippen molar-refractivity contribution in [2.75, 3.05) is 26.7 Å². The minimum absolute atomic E-state index is 0.0333. The molecule has 0 bridgehead atoms. The third-order valence-corrected chi connectivity index (χ3v) is 6.83. The molecule has 0 aromatic carbocycles. The molecule has 0 saturated carbocycles. The van der Waals surface area contributed by atoms with E-state index in [0.29, 0.717) is 0 Å². The van der Waals surface area contributed by atoms with E-state index in [-0.39, 0.29) is 17.6 Å². The summed E-state index contributed by atoms with van der Waals surface area (Å²) in [4.78, 5) is 24.7. The van der Waals surface area contributed by atoms with Crippen LogP contribution in [0.15, 0.2) is 12.3 Å². The molecule has 4 heterocycles. The maximum absolute atomic E-state index is 12.8. The standard InChI is InChI=1S/C19H26N4O2S/c1-12-11-20-17(21-12)13(2)22-18(24)15-10-14-4-9-25-19(16(14)26-15)5-7-23(3)8-6-19/h10-11,13H,4-9H2,1-3H3,(H,20,21)(H,22,24). The Kier molecular flexibility index (Phi) is 4.62. The molecule has 7 heteroatoms. The fourth-order valence-corrected chi connectivity index (χ4v) is 5.19. The van der Waals surface area contributed by atoms with E-state index in [1.54, 1.807) is 17.5 Å². The highest BCUT2D eigenvalue weighted by Crippen LogP contribution is 2.45. The zero-order valence-electron chi connectivity index (χ0n) is 15.6. The molecule has 2 N–H and O–H groups in total. The summed E-state index contributed by atoms with van der Waals surface area (Å²) in [6, 6.07) is 1.92. The topological polar surface area (TPSA) is 70.2 Å². The first-order chi connectivity index (χ1) is 12.5. The van der Waals surface area contributed by atoms with Crippen LogP contribution in [0, 0.1) is 6.92 Å². The number of H-pyrrole nitrogens is 1. The molecule has 1 atom stereocenters. The zero-order valence-corrected chi connectivity index (χ0v) is 16.4. The van der Waals surface area contributed by atoms with E-state index >= 15 is 0 Å². The maximum atomic E-state index is 12.8. The molecule has 0 aliphatic carbocycles. The lowest BCUT2D eigenvalue weighted by Gasteiger charge is -2.42. The summed E-state index contributed by atoms with van der Waals surface area (Å²) in [6.45, 7) is 6.72. The van der Waals surface area contributed by atoms with Crippen LogP contribution in [0.2, 0.25) is 0 Å². The summed E-state index contributed by atoms with van der Waals surface area (Å²) in [5, 5.41) is 3.06. The third kappa shape index (κ3) is 3.19. The number of hydrogen-bond acceptors (Lipinski definition) is 5. The Hall–Kier alpha value is -1.70. The lowest BCUT2D eigenvalue weighted by atomic mass is 9.85. The quantitative estimate of drug-likeness (QED) is 0.867. The lowest BCUT2D eigenvalue weighted by molar-refractivity contribution is -0.0921. The van der Waals surface area contributed by atoms with Crippen LogP contribution in [-0.4, -0.2) is 47.5 Å². The molecule has 1 fully saturated rings. The van der Waals surface area contributed by atoms with Crippen LogP contribution in [0.1, 0.15) is 57.4 Å². The first kappa shape index (κ1) is 17.7. The summed E-state index contributed by atoms with van der Waals surface area (Å²) < 4.78 is 6.26. The van der Waals surface area contributed by atoms with Crippen molar-refractivity contribution in [1.82, 2.24) is 20.2 Å². The monoisotopic (exact) mass is 374 g/mol. The minimum atomic E-state index is -0.187. The molecule has 2 aromatic rings. The number of ether oxygens (including phenoxy) is 1. The fourth-order valence-electron chi connectivity index (χ4n) is 3.87. The van der Waals surface area contributed by atoms with Crippen molar-refractivity contribution in [2.24, 2.45) is 0 Å². The molecule has 4 rings (SSSR count). The molecule has 2 aromatic heterocycles. The highest BCUT2D eigenvalue weighted by Gasteiger charge is 2.42. The van der Waals surface area contributed by atoms with Crippen LogP contribution in [0.25, 0.3) is 0 Å². The maximum Gasteiger partial charge on any atom is 0.261 e. The van der Waals surface area contributed by atoms with E-state index in [0.717, 1.165) is 55.4 Å². The Morgan fingerprint density at radius 3 is 2.92 bits per heavy atom. The van der Waals surface area contributed by atoms with Crippen molar-refractivity contribution >= 4 is 17.2 Å². The van der Waals surface area contributed by atoms with Gasteiger partial charge in [-0.25, -0.2) is 4.98 Å². The Morgan fingerprint density at radius 1 is 1.46 bits per heavy atom. The number of carbonyl (C=O) groups is 1. The average Bonchev–Trinajstić information content (AvgIpc) is 3.25. The van der Waals surface area contributed by atoms with E-state index in [2.05, 4.69) is 33.3 Å². The van der Waals surface area contributed by atoms with Crippen molar-refractivity contribution in [3.63, 3.8) is 0 Å². The molecule has 1 saturated heterocycles. The van der Waals surface area contributed by atoms with Crippen LogP contribution in [0.4, 0.5) is 0 Å². The SMILES string of the molecule is Cc1cnc(C(C)NC(=O)c2cc3c(s2)C2(CCN(C)CC2)OCC3)[nH]1. The summed E-state index contributed by atoms with van der Waals surface area (Å²) >= 11 is 1.61. The van der Waals surface area contributed by atoms with Gasteiger partial charge >= 0.3 is 0 Å². The van der Waals surface area contributed by atoms with Gasteiger partial charge in [-0.15, -0.1) is 11.3 Å². The van der Waals surface area contributed by atoms with Gasteiger partial charge in [-0.2, -0.15) is 0 Å². The summed E-state index contributed by atoms with van der Waals surface area (Å²) in [5.41, 5.74) is 2.10. The fraction of sp³-hybridized carbons (Fsp3) is 0.579. The number of hydrogen-bond donors (Lipinski definition) is 2. The van der Waals surface area contributed by atoms with Crippen molar-refractivity contribution < 1.29 is 9.53 Å². The van der Waals surface area contributed by atoms with E-state index in [4.69, 9.17) is 4.74 Å². The summed E-state index contributed by atoms with van der Waals surface area (Å²) in [6.07, 6.45) is 4.67. The molecule has 0 radical (unpaired) electrons. The Morgan fingerprint density at radius 2 is 2.23 bits per heavy atom. The van der Waals surface area contributed by atoms with E-state index < -0.39 is 0 Å². The molecule has 1 amide bonds. The zero-order chi connectivity index (χ0) is 18.3. The van der Waals surface area contributed by atoms with E-state index in [9.17, 15) is 4.79 Å². The molecule has 2 aliphatic rings. The number of nitrogens with zero attached hydrogens (tertiary/aromatic N) is 2. The number of amides is 1. The van der Waals surface area contributed by atoms with Gasteiger partial charge in [0.2, 0.25) is 0 Å². The summed E-state index contributed by atoms with van der Waals surface area (Å²) in [7, 11) is 2.15. The molecule has 1 unspecified atom stereocenters. The largest absolute Gasteiger partial charge is 0.369 e.